The van der Waals surface area contributed by atoms with Crippen molar-refractivity contribution in [3.8, 4) is 11.1 Å². The summed E-state index contributed by atoms with van der Waals surface area (Å²) >= 11 is 3.35. The van der Waals surface area contributed by atoms with Crippen molar-refractivity contribution in [2.24, 2.45) is 17.6 Å². The largest absolute Gasteiger partial charge is 0.378 e. The Morgan fingerprint density at radius 2 is 1.82 bits per heavy atom. The summed E-state index contributed by atoms with van der Waals surface area (Å²) in [5, 5.41) is 8.06. The minimum absolute atomic E-state index is 0.000825. The number of piperidine rings is 1. The van der Waals surface area contributed by atoms with Gasteiger partial charge in [0.25, 0.3) is 0 Å². The zero-order valence-electron chi connectivity index (χ0n) is 27.9. The van der Waals surface area contributed by atoms with Crippen molar-refractivity contribution in [1.82, 2.24) is 29.6 Å². The van der Waals surface area contributed by atoms with Crippen LogP contribution in [0.1, 0.15) is 41.6 Å². The number of halogens is 1. The average Bonchev–Trinajstić information content (AvgIpc) is 3.61. The highest BCUT2D eigenvalue weighted by molar-refractivity contribution is 9.10. The number of likely N-dealkylation sites (tertiary alicyclic amines) is 1. The zero-order valence-corrected chi connectivity index (χ0v) is 29.5. The number of nitrogens with two attached hydrogens (primary N) is 1. The number of benzene rings is 1. The molecule has 2 fully saturated rings. The number of nitrogens with zero attached hydrogens (tertiary/aromatic N) is 6. The number of carbonyl (C=O) groups is 4. The minimum Gasteiger partial charge on any atom is -0.378 e. The first-order chi connectivity index (χ1) is 24.1. The van der Waals surface area contributed by atoms with Gasteiger partial charge in [-0.3, -0.25) is 23.9 Å². The third-order valence-electron chi connectivity index (χ3n) is 8.98. The SMILES string of the molecule is CC(=O)c1nn(CC(=O)N2C[C@H]3C[C@H]3[C@H]2C(=O)Nc2nc(Br)ccc2C)c2ccc(-c3cnc(CCC(=O)COCCOCCN)nc3)cc12. The number of amides is 2. The van der Waals surface area contributed by atoms with Gasteiger partial charge in [-0.15, -0.1) is 0 Å². The van der Waals surface area contributed by atoms with E-state index in [2.05, 4.69) is 41.3 Å². The van der Waals surface area contributed by atoms with Crippen LogP contribution in [0.5, 0.6) is 0 Å². The fourth-order valence-corrected chi connectivity index (χ4v) is 6.59. The average molecular weight is 748 g/mol. The second-order valence-electron chi connectivity index (χ2n) is 12.6. The summed E-state index contributed by atoms with van der Waals surface area (Å²) in [7, 11) is 0. The number of fused-ring (bicyclic) bond motifs is 2. The molecule has 14 nitrogen and oxygen atoms in total. The monoisotopic (exact) mass is 746 g/mol. The van der Waals surface area contributed by atoms with E-state index in [-0.39, 0.29) is 60.5 Å². The Labute approximate surface area is 297 Å². The molecule has 4 aromatic rings. The lowest BCUT2D eigenvalue weighted by Gasteiger charge is -2.27. The smallest absolute Gasteiger partial charge is 0.248 e. The van der Waals surface area contributed by atoms with E-state index in [0.29, 0.717) is 66.5 Å². The minimum atomic E-state index is -0.602. The Morgan fingerprint density at radius 3 is 2.58 bits per heavy atom. The molecule has 0 radical (unpaired) electrons. The summed E-state index contributed by atoms with van der Waals surface area (Å²) in [5.41, 5.74) is 8.55. The Balaban J connectivity index is 1.11. The Hall–Kier alpha value is -4.44. The van der Waals surface area contributed by atoms with Crippen molar-refractivity contribution >= 4 is 56.0 Å². The number of aromatic nitrogens is 5. The molecule has 1 saturated heterocycles. The standard InChI is InChI=1S/C35H39BrN8O6/c1-20-3-7-29(36)40-34(20)41-35(48)33-26-14-23(26)17-43(33)31(47)18-44-28-6-4-22(13-27(28)32(42-44)21(2)45)24-15-38-30(39-16-24)8-5-25(46)19-50-12-11-49-10-9-37/h3-4,6-7,13,15-16,23,26,33H,5,8-12,14,17-19,37H2,1-2H3,(H,40,41,48)/t23-,26-,33+/m1/s1. The third kappa shape index (κ3) is 8.12. The van der Waals surface area contributed by atoms with Crippen molar-refractivity contribution in [1.29, 1.82) is 0 Å². The lowest BCUT2D eigenvalue weighted by Crippen LogP contribution is -2.47. The van der Waals surface area contributed by atoms with Crippen LogP contribution in [0.25, 0.3) is 22.0 Å². The molecule has 0 unspecified atom stereocenters. The molecule has 3 atom stereocenters. The van der Waals surface area contributed by atoms with Gasteiger partial charge in [-0.25, -0.2) is 15.0 Å². The molecule has 3 aromatic heterocycles. The van der Waals surface area contributed by atoms with Crippen LogP contribution in [0.4, 0.5) is 5.82 Å². The van der Waals surface area contributed by atoms with Crippen LogP contribution in [-0.4, -0.2) is 98.6 Å². The highest BCUT2D eigenvalue weighted by atomic mass is 79.9. The zero-order chi connectivity index (χ0) is 35.4. The highest BCUT2D eigenvalue weighted by Crippen LogP contribution is 2.50. The van der Waals surface area contributed by atoms with E-state index in [1.54, 1.807) is 23.4 Å². The first kappa shape index (κ1) is 35.4. The number of carbonyl (C=O) groups excluding carboxylic acids is 4. The molecular weight excluding hydrogens is 708 g/mol. The lowest BCUT2D eigenvalue weighted by atomic mass is 10.0. The molecule has 1 aromatic carbocycles. The summed E-state index contributed by atoms with van der Waals surface area (Å²) in [5.74, 6) is 0.585. The Morgan fingerprint density at radius 1 is 1.04 bits per heavy atom. The number of pyridine rings is 1. The highest BCUT2D eigenvalue weighted by Gasteiger charge is 2.56. The maximum absolute atomic E-state index is 13.7. The summed E-state index contributed by atoms with van der Waals surface area (Å²) < 4.78 is 12.7. The first-order valence-corrected chi connectivity index (χ1v) is 17.4. The van der Waals surface area contributed by atoms with Crippen LogP contribution in [0, 0.1) is 18.8 Å². The van der Waals surface area contributed by atoms with E-state index >= 15 is 0 Å². The maximum Gasteiger partial charge on any atom is 0.248 e. The van der Waals surface area contributed by atoms with Crippen molar-refractivity contribution in [3.05, 3.63) is 64.4 Å². The predicted molar refractivity (Wildman–Crippen MR) is 187 cm³/mol. The van der Waals surface area contributed by atoms with Gasteiger partial charge in [-0.2, -0.15) is 5.10 Å². The van der Waals surface area contributed by atoms with Crippen molar-refractivity contribution in [2.45, 2.75) is 45.7 Å². The molecular formula is C35H39BrN8O6. The molecule has 1 aliphatic carbocycles. The van der Waals surface area contributed by atoms with E-state index in [9.17, 15) is 19.2 Å². The number of anilines is 1. The summed E-state index contributed by atoms with van der Waals surface area (Å²) in [6.07, 6.45) is 4.88. The molecule has 15 heteroatoms. The van der Waals surface area contributed by atoms with Gasteiger partial charge in [-0.1, -0.05) is 12.1 Å². The fourth-order valence-electron chi connectivity index (χ4n) is 6.28. The van der Waals surface area contributed by atoms with E-state index < -0.39 is 6.04 Å². The van der Waals surface area contributed by atoms with Crippen LogP contribution in [0.2, 0.25) is 0 Å². The van der Waals surface area contributed by atoms with Crippen molar-refractivity contribution in [3.63, 3.8) is 0 Å². The van der Waals surface area contributed by atoms with Gasteiger partial charge < -0.3 is 25.4 Å². The number of ketones is 2. The van der Waals surface area contributed by atoms with Gasteiger partial charge in [0.2, 0.25) is 11.8 Å². The van der Waals surface area contributed by atoms with E-state index in [1.165, 1.54) is 11.6 Å². The molecule has 0 spiro atoms. The van der Waals surface area contributed by atoms with E-state index in [4.69, 9.17) is 15.2 Å². The number of aryl methyl sites for hydroxylation is 2. The molecule has 2 amide bonds. The van der Waals surface area contributed by atoms with Crippen LogP contribution in [0.15, 0.2) is 47.3 Å². The molecule has 6 rings (SSSR count). The van der Waals surface area contributed by atoms with Gasteiger partial charge in [0.1, 0.15) is 41.1 Å². The number of rotatable bonds is 16. The molecule has 4 heterocycles. The molecule has 3 N–H and O–H groups in total. The van der Waals surface area contributed by atoms with E-state index in [0.717, 1.165) is 23.1 Å². The number of Topliss-reactive ketones (excluding diaryl/α,β-unsaturated/α-hetero) is 2. The van der Waals surface area contributed by atoms with Gasteiger partial charge >= 0.3 is 0 Å². The predicted octanol–water partition coefficient (Wildman–Crippen LogP) is 3.14. The molecule has 262 valence electrons. The van der Waals surface area contributed by atoms with Crippen molar-refractivity contribution in [2.75, 3.05) is 44.8 Å². The second kappa shape index (κ2) is 15.6. The lowest BCUT2D eigenvalue weighted by molar-refractivity contribution is -0.138. The molecule has 0 bridgehead atoms. The number of hydrogen-bond donors (Lipinski definition) is 2. The van der Waals surface area contributed by atoms with Crippen LogP contribution >= 0.6 is 15.9 Å². The molecule has 50 heavy (non-hydrogen) atoms. The quantitative estimate of drug-likeness (QED) is 0.0976. The Bertz CT molecular complexity index is 1920. The summed E-state index contributed by atoms with van der Waals surface area (Å²) in [6, 6.07) is 8.58. The van der Waals surface area contributed by atoms with Crippen LogP contribution in [-0.2, 0) is 36.8 Å². The van der Waals surface area contributed by atoms with Crippen LogP contribution < -0.4 is 11.1 Å². The first-order valence-electron chi connectivity index (χ1n) is 16.6. The number of hydrogen-bond acceptors (Lipinski definition) is 11. The van der Waals surface area contributed by atoms with Gasteiger partial charge in [0.05, 0.1) is 25.3 Å². The summed E-state index contributed by atoms with van der Waals surface area (Å²) in [6.45, 7) is 5.29. The number of ether oxygens (including phenoxy) is 2. The Kier molecular flexibility index (Phi) is 11.1. The van der Waals surface area contributed by atoms with Gasteiger partial charge in [0.15, 0.2) is 11.6 Å². The van der Waals surface area contributed by atoms with E-state index in [1.807, 2.05) is 31.2 Å². The maximum atomic E-state index is 13.7. The van der Waals surface area contributed by atoms with Gasteiger partial charge in [0, 0.05) is 56.2 Å². The molecule has 1 aliphatic heterocycles. The summed E-state index contributed by atoms with van der Waals surface area (Å²) in [4.78, 5) is 66.9. The topological polar surface area (TPSA) is 185 Å². The molecule has 2 aliphatic rings. The fraction of sp³-hybridized carbons (Fsp3) is 0.429. The number of nitrogens with one attached hydrogen (secondary N) is 1. The van der Waals surface area contributed by atoms with Crippen molar-refractivity contribution < 1.29 is 28.7 Å². The molecule has 1 saturated carbocycles. The van der Waals surface area contributed by atoms with Gasteiger partial charge in [-0.05, 0) is 70.4 Å². The second-order valence-corrected chi connectivity index (χ2v) is 13.4. The third-order valence-corrected chi connectivity index (χ3v) is 9.42. The van der Waals surface area contributed by atoms with Crippen LogP contribution in [0.3, 0.4) is 0 Å². The normalized spacial score (nSPS) is 17.9.